The second kappa shape index (κ2) is 13.7. The van der Waals surface area contributed by atoms with Gasteiger partial charge in [-0.3, -0.25) is 14.3 Å². The highest BCUT2D eigenvalue weighted by molar-refractivity contribution is 7.98. The molecular formula is C20H33N2O6PS. The average molecular weight is 461 g/mol. The number of thioether (sulfide) groups is 1. The first-order valence-electron chi connectivity index (χ1n) is 9.90. The summed E-state index contributed by atoms with van der Waals surface area (Å²) in [6.07, 6.45) is 1.74. The van der Waals surface area contributed by atoms with Crippen molar-refractivity contribution in [3.05, 3.63) is 35.9 Å². The third-order valence-corrected chi connectivity index (χ3v) is 7.26. The third-order valence-electron chi connectivity index (χ3n) is 4.30. The molecule has 0 bridgehead atoms. The quantitative estimate of drug-likeness (QED) is 0.443. The van der Waals surface area contributed by atoms with Crippen molar-refractivity contribution in [3.8, 4) is 0 Å². The Labute approximate surface area is 183 Å². The van der Waals surface area contributed by atoms with Gasteiger partial charge in [0.15, 0.2) is 0 Å². The standard InChI is InChI=1S/C20H33N2O6PS/c1-6-27-29(25,28-7-2)16(3)21-19(23)18(13-14-30-5)22(4)20(24)26-15-17-11-9-8-10-12-17/h8-12,16,18H,6-7,13-15H2,1-5H3,(H,21,23). The van der Waals surface area contributed by atoms with Gasteiger partial charge in [-0.15, -0.1) is 0 Å². The van der Waals surface area contributed by atoms with Gasteiger partial charge in [-0.2, -0.15) is 11.8 Å². The minimum absolute atomic E-state index is 0.112. The molecule has 2 unspecified atom stereocenters. The molecule has 0 spiro atoms. The van der Waals surface area contributed by atoms with Gasteiger partial charge in [0.1, 0.15) is 18.4 Å². The predicted octanol–water partition coefficient (Wildman–Crippen LogP) is 4.11. The lowest BCUT2D eigenvalue weighted by Gasteiger charge is -2.29. The van der Waals surface area contributed by atoms with Gasteiger partial charge in [0.25, 0.3) is 0 Å². The zero-order valence-electron chi connectivity index (χ0n) is 18.3. The largest absolute Gasteiger partial charge is 0.445 e. The monoisotopic (exact) mass is 460 g/mol. The van der Waals surface area contributed by atoms with Gasteiger partial charge in [-0.1, -0.05) is 30.3 Å². The number of hydrogen-bond acceptors (Lipinski definition) is 7. The summed E-state index contributed by atoms with van der Waals surface area (Å²) in [5, 5.41) is 2.70. The number of nitrogens with zero attached hydrogens (tertiary/aromatic N) is 1. The smallest absolute Gasteiger partial charge is 0.410 e. The Kier molecular flexibility index (Phi) is 12.1. The van der Waals surface area contributed by atoms with Crippen LogP contribution in [0.15, 0.2) is 30.3 Å². The van der Waals surface area contributed by atoms with Crippen molar-refractivity contribution in [1.82, 2.24) is 10.2 Å². The number of likely N-dealkylation sites (N-methyl/N-ethyl adjacent to an activating group) is 1. The zero-order valence-corrected chi connectivity index (χ0v) is 20.0. The van der Waals surface area contributed by atoms with Gasteiger partial charge >= 0.3 is 13.7 Å². The van der Waals surface area contributed by atoms with Crippen molar-refractivity contribution in [3.63, 3.8) is 0 Å². The fourth-order valence-corrected chi connectivity index (χ4v) is 4.67. The van der Waals surface area contributed by atoms with Crippen LogP contribution in [0.3, 0.4) is 0 Å². The van der Waals surface area contributed by atoms with E-state index in [-0.39, 0.29) is 19.8 Å². The number of nitrogens with one attached hydrogen (secondary N) is 1. The molecule has 1 aromatic carbocycles. The Morgan fingerprint density at radius 1 is 1.17 bits per heavy atom. The number of carbonyl (C=O) groups is 2. The van der Waals surface area contributed by atoms with Crippen molar-refractivity contribution < 1.29 is 27.9 Å². The van der Waals surface area contributed by atoms with E-state index >= 15 is 0 Å². The normalized spacial score (nSPS) is 13.4. The predicted molar refractivity (Wildman–Crippen MR) is 120 cm³/mol. The van der Waals surface area contributed by atoms with Crippen molar-refractivity contribution >= 4 is 31.4 Å². The van der Waals surface area contributed by atoms with Gasteiger partial charge in [0.05, 0.1) is 13.2 Å². The molecule has 2 atom stereocenters. The summed E-state index contributed by atoms with van der Waals surface area (Å²) >= 11 is 1.56. The molecule has 2 amide bonds. The maximum Gasteiger partial charge on any atom is 0.410 e. The number of carbonyl (C=O) groups excluding carboxylic acids is 2. The molecule has 170 valence electrons. The van der Waals surface area contributed by atoms with Gasteiger partial charge in [-0.25, -0.2) is 4.79 Å². The van der Waals surface area contributed by atoms with Gasteiger partial charge in [0, 0.05) is 7.05 Å². The van der Waals surface area contributed by atoms with Crippen LogP contribution in [-0.4, -0.2) is 61.0 Å². The van der Waals surface area contributed by atoms with E-state index < -0.39 is 31.4 Å². The van der Waals surface area contributed by atoms with E-state index in [1.54, 1.807) is 32.5 Å². The van der Waals surface area contributed by atoms with E-state index in [1.165, 1.54) is 11.9 Å². The highest BCUT2D eigenvalue weighted by Gasteiger charge is 2.36. The Morgan fingerprint density at radius 3 is 2.30 bits per heavy atom. The summed E-state index contributed by atoms with van der Waals surface area (Å²) in [6, 6.07) is 8.53. The van der Waals surface area contributed by atoms with Gasteiger partial charge in [0.2, 0.25) is 5.91 Å². The van der Waals surface area contributed by atoms with Crippen LogP contribution in [0.2, 0.25) is 0 Å². The van der Waals surface area contributed by atoms with E-state index in [0.29, 0.717) is 12.2 Å². The minimum Gasteiger partial charge on any atom is -0.445 e. The van der Waals surface area contributed by atoms with Crippen LogP contribution in [-0.2, 0) is 29.8 Å². The molecule has 0 aliphatic carbocycles. The Morgan fingerprint density at radius 2 is 1.77 bits per heavy atom. The summed E-state index contributed by atoms with van der Waals surface area (Å²) in [6.45, 7) is 5.48. The molecule has 1 rings (SSSR count). The number of rotatable bonds is 13. The van der Waals surface area contributed by atoms with Gasteiger partial charge < -0.3 is 19.1 Å². The molecule has 0 aliphatic heterocycles. The summed E-state index contributed by atoms with van der Waals surface area (Å²) in [4.78, 5) is 26.7. The van der Waals surface area contributed by atoms with E-state index in [1.807, 2.05) is 36.6 Å². The fraction of sp³-hybridized carbons (Fsp3) is 0.600. The fourth-order valence-electron chi connectivity index (χ4n) is 2.68. The van der Waals surface area contributed by atoms with E-state index in [0.717, 1.165) is 5.56 Å². The maximum atomic E-state index is 12.9. The highest BCUT2D eigenvalue weighted by atomic mass is 32.2. The Hall–Kier alpha value is -1.54. The van der Waals surface area contributed by atoms with Crippen molar-refractivity contribution in [1.29, 1.82) is 0 Å². The summed E-state index contributed by atoms with van der Waals surface area (Å²) in [5.74, 6) is -0.622. The molecule has 30 heavy (non-hydrogen) atoms. The molecule has 0 aliphatic rings. The molecule has 0 heterocycles. The van der Waals surface area contributed by atoms with Crippen LogP contribution in [0.1, 0.15) is 32.8 Å². The van der Waals surface area contributed by atoms with Crippen LogP contribution in [0.25, 0.3) is 0 Å². The summed E-state index contributed by atoms with van der Waals surface area (Å²) in [7, 11) is -1.99. The first kappa shape index (κ1) is 26.5. The van der Waals surface area contributed by atoms with E-state index in [4.69, 9.17) is 13.8 Å². The molecule has 0 aromatic heterocycles. The first-order chi connectivity index (χ1) is 14.3. The van der Waals surface area contributed by atoms with E-state index in [9.17, 15) is 14.2 Å². The summed E-state index contributed by atoms with van der Waals surface area (Å²) in [5.41, 5.74) is 0.854. The van der Waals surface area contributed by atoms with Crippen LogP contribution >= 0.6 is 19.4 Å². The van der Waals surface area contributed by atoms with Crippen LogP contribution in [0, 0.1) is 0 Å². The third kappa shape index (κ3) is 8.30. The molecule has 1 N–H and O–H groups in total. The SMILES string of the molecule is CCOP(=O)(OCC)C(C)NC(=O)C(CCSC)N(C)C(=O)OCc1ccccc1. The minimum atomic E-state index is -3.51. The topological polar surface area (TPSA) is 94.2 Å². The van der Waals surface area contributed by atoms with Crippen molar-refractivity contribution in [2.24, 2.45) is 0 Å². The number of amides is 2. The second-order valence-electron chi connectivity index (χ2n) is 6.51. The lowest BCUT2D eigenvalue weighted by atomic mass is 10.2. The number of hydrogen-bond donors (Lipinski definition) is 1. The van der Waals surface area contributed by atoms with Crippen LogP contribution in [0.4, 0.5) is 4.79 Å². The average Bonchev–Trinajstić information content (AvgIpc) is 2.73. The van der Waals surface area contributed by atoms with Gasteiger partial charge in [-0.05, 0) is 44.8 Å². The molecule has 0 fully saturated rings. The second-order valence-corrected chi connectivity index (χ2v) is 9.86. The molecule has 0 radical (unpaired) electrons. The number of benzene rings is 1. The Bertz CT molecular complexity index is 696. The Balaban J connectivity index is 2.83. The van der Waals surface area contributed by atoms with Crippen LogP contribution < -0.4 is 5.32 Å². The molecule has 1 aromatic rings. The zero-order chi connectivity index (χ0) is 22.6. The lowest BCUT2D eigenvalue weighted by Crippen LogP contribution is -2.50. The molecule has 0 saturated carbocycles. The lowest BCUT2D eigenvalue weighted by molar-refractivity contribution is -0.126. The molecule has 10 heteroatoms. The maximum absolute atomic E-state index is 12.9. The van der Waals surface area contributed by atoms with Crippen molar-refractivity contribution in [2.75, 3.05) is 32.3 Å². The van der Waals surface area contributed by atoms with Crippen LogP contribution in [0.5, 0.6) is 0 Å². The molecule has 0 saturated heterocycles. The number of ether oxygens (including phenoxy) is 1. The molecular weight excluding hydrogens is 427 g/mol. The summed E-state index contributed by atoms with van der Waals surface area (Å²) < 4.78 is 28.8. The highest BCUT2D eigenvalue weighted by Crippen LogP contribution is 2.51. The first-order valence-corrected chi connectivity index (χ1v) is 12.9. The van der Waals surface area contributed by atoms with Crippen molar-refractivity contribution in [2.45, 2.75) is 45.6 Å². The van der Waals surface area contributed by atoms with E-state index in [2.05, 4.69) is 5.32 Å². The molecule has 8 nitrogen and oxygen atoms in total.